The maximum atomic E-state index is 13.4. The fourth-order valence-electron chi connectivity index (χ4n) is 3.58. The summed E-state index contributed by atoms with van der Waals surface area (Å²) in [5, 5.41) is 0. The summed E-state index contributed by atoms with van der Waals surface area (Å²) in [4.78, 5) is 15.4. The molecule has 1 heterocycles. The number of carbonyl (C=O) groups is 1. The van der Waals surface area contributed by atoms with Crippen molar-refractivity contribution < 1.29 is 14.3 Å². The molecule has 4 heteroatoms. The van der Waals surface area contributed by atoms with Gasteiger partial charge in [0.2, 0.25) is 0 Å². The van der Waals surface area contributed by atoms with Gasteiger partial charge in [0.1, 0.15) is 17.3 Å². The Labute approximate surface area is 149 Å². The lowest BCUT2D eigenvalue weighted by molar-refractivity contribution is -0.155. The standard InChI is InChI=1S/C21H25NO3/c1-16(15-22(2)3)25-20(23)21(17-9-5-4-6-10-17)13-14-24-19-12-8-7-11-18(19)21/h4-12,16H,13-15H2,1-3H3. The second-order valence-electron chi connectivity index (χ2n) is 6.84. The molecule has 0 aliphatic carbocycles. The lowest BCUT2D eigenvalue weighted by Crippen LogP contribution is -2.45. The van der Waals surface area contributed by atoms with Crippen molar-refractivity contribution in [2.75, 3.05) is 27.2 Å². The van der Waals surface area contributed by atoms with Crippen LogP contribution >= 0.6 is 0 Å². The lowest BCUT2D eigenvalue weighted by Gasteiger charge is -2.38. The fourth-order valence-corrected chi connectivity index (χ4v) is 3.58. The van der Waals surface area contributed by atoms with Crippen LogP contribution in [-0.2, 0) is 14.9 Å². The minimum Gasteiger partial charge on any atom is -0.493 e. The third-order valence-electron chi connectivity index (χ3n) is 4.63. The number of nitrogens with zero attached hydrogens (tertiary/aromatic N) is 1. The zero-order chi connectivity index (χ0) is 17.9. The smallest absolute Gasteiger partial charge is 0.321 e. The van der Waals surface area contributed by atoms with Gasteiger partial charge in [-0.15, -0.1) is 0 Å². The highest BCUT2D eigenvalue weighted by Crippen LogP contribution is 2.44. The van der Waals surface area contributed by atoms with Crippen molar-refractivity contribution in [3.8, 4) is 5.75 Å². The van der Waals surface area contributed by atoms with Gasteiger partial charge in [0.15, 0.2) is 0 Å². The topological polar surface area (TPSA) is 38.8 Å². The highest BCUT2D eigenvalue weighted by Gasteiger charge is 2.47. The number of rotatable bonds is 5. The normalized spacial score (nSPS) is 20.5. The van der Waals surface area contributed by atoms with Crippen LogP contribution < -0.4 is 4.74 Å². The number of hydrogen-bond donors (Lipinski definition) is 0. The van der Waals surface area contributed by atoms with Gasteiger partial charge >= 0.3 is 5.97 Å². The third kappa shape index (κ3) is 3.40. The predicted octanol–water partition coefficient (Wildman–Crippen LogP) is 3.25. The van der Waals surface area contributed by atoms with E-state index < -0.39 is 5.41 Å². The number of benzene rings is 2. The summed E-state index contributed by atoms with van der Waals surface area (Å²) in [6, 6.07) is 17.7. The van der Waals surface area contributed by atoms with Crippen molar-refractivity contribution in [1.82, 2.24) is 4.90 Å². The second kappa shape index (κ2) is 7.28. The number of likely N-dealkylation sites (N-methyl/N-ethyl adjacent to an activating group) is 1. The van der Waals surface area contributed by atoms with Gasteiger partial charge in [0, 0.05) is 18.5 Å². The van der Waals surface area contributed by atoms with Crippen molar-refractivity contribution in [2.45, 2.75) is 24.9 Å². The van der Waals surface area contributed by atoms with E-state index in [1.807, 2.05) is 80.5 Å². The minimum absolute atomic E-state index is 0.182. The predicted molar refractivity (Wildman–Crippen MR) is 97.9 cm³/mol. The Balaban J connectivity index is 2.05. The average molecular weight is 339 g/mol. The highest BCUT2D eigenvalue weighted by molar-refractivity contribution is 5.89. The minimum atomic E-state index is -0.823. The summed E-state index contributed by atoms with van der Waals surface area (Å²) in [6.07, 6.45) is 0.389. The molecule has 0 fully saturated rings. The third-order valence-corrected chi connectivity index (χ3v) is 4.63. The average Bonchev–Trinajstić information content (AvgIpc) is 2.61. The molecule has 0 saturated carbocycles. The van der Waals surface area contributed by atoms with Gasteiger partial charge in [-0.2, -0.15) is 0 Å². The maximum absolute atomic E-state index is 13.4. The van der Waals surface area contributed by atoms with Crippen LogP contribution in [0.1, 0.15) is 24.5 Å². The van der Waals surface area contributed by atoms with Crippen LogP contribution in [0.15, 0.2) is 54.6 Å². The van der Waals surface area contributed by atoms with Gasteiger partial charge in [-0.1, -0.05) is 48.5 Å². The van der Waals surface area contributed by atoms with E-state index in [4.69, 9.17) is 9.47 Å². The molecule has 0 bridgehead atoms. The SMILES string of the molecule is CC(CN(C)C)OC(=O)C1(c2ccccc2)CCOc2ccccc21. The molecule has 0 saturated heterocycles. The summed E-state index contributed by atoms with van der Waals surface area (Å²) >= 11 is 0. The lowest BCUT2D eigenvalue weighted by atomic mass is 9.70. The van der Waals surface area contributed by atoms with Gasteiger partial charge in [-0.3, -0.25) is 4.79 Å². The number of fused-ring (bicyclic) bond motifs is 1. The van der Waals surface area contributed by atoms with Crippen LogP contribution in [0.3, 0.4) is 0 Å². The van der Waals surface area contributed by atoms with Crippen LogP contribution in [0.5, 0.6) is 5.75 Å². The van der Waals surface area contributed by atoms with E-state index in [0.29, 0.717) is 19.6 Å². The summed E-state index contributed by atoms with van der Waals surface area (Å²) < 4.78 is 11.7. The van der Waals surface area contributed by atoms with E-state index in [-0.39, 0.29) is 12.1 Å². The van der Waals surface area contributed by atoms with Crippen molar-refractivity contribution in [1.29, 1.82) is 0 Å². The Morgan fingerprint density at radius 2 is 1.84 bits per heavy atom. The first-order valence-corrected chi connectivity index (χ1v) is 8.67. The van der Waals surface area contributed by atoms with Gasteiger partial charge in [-0.05, 0) is 32.6 Å². The largest absolute Gasteiger partial charge is 0.493 e. The molecule has 2 aromatic carbocycles. The Bertz CT molecular complexity index is 729. The molecule has 2 aromatic rings. The van der Waals surface area contributed by atoms with Crippen molar-refractivity contribution in [3.63, 3.8) is 0 Å². The Morgan fingerprint density at radius 1 is 1.16 bits per heavy atom. The molecule has 2 atom stereocenters. The molecule has 2 unspecified atom stereocenters. The molecular formula is C21H25NO3. The van der Waals surface area contributed by atoms with Crippen LogP contribution in [0.25, 0.3) is 0 Å². The number of ether oxygens (including phenoxy) is 2. The Kier molecular flexibility index (Phi) is 5.09. The molecule has 0 amide bonds. The van der Waals surface area contributed by atoms with E-state index in [1.165, 1.54) is 0 Å². The molecule has 132 valence electrons. The van der Waals surface area contributed by atoms with E-state index in [9.17, 15) is 4.79 Å². The second-order valence-corrected chi connectivity index (χ2v) is 6.84. The first kappa shape index (κ1) is 17.5. The van der Waals surface area contributed by atoms with Crippen molar-refractivity contribution in [3.05, 3.63) is 65.7 Å². The van der Waals surface area contributed by atoms with Gasteiger partial charge < -0.3 is 14.4 Å². The monoisotopic (exact) mass is 339 g/mol. The Hall–Kier alpha value is -2.33. The molecule has 0 radical (unpaired) electrons. The summed E-state index contributed by atoms with van der Waals surface area (Å²) in [6.45, 7) is 3.11. The maximum Gasteiger partial charge on any atom is 0.321 e. The van der Waals surface area contributed by atoms with E-state index >= 15 is 0 Å². The first-order valence-electron chi connectivity index (χ1n) is 8.67. The van der Waals surface area contributed by atoms with Crippen LogP contribution in [0.4, 0.5) is 0 Å². The number of hydrogen-bond acceptors (Lipinski definition) is 4. The molecule has 0 spiro atoms. The summed E-state index contributed by atoms with van der Waals surface area (Å²) in [5.74, 6) is 0.554. The number of carbonyl (C=O) groups excluding carboxylic acids is 1. The van der Waals surface area contributed by atoms with Crippen LogP contribution in [-0.4, -0.2) is 44.2 Å². The highest BCUT2D eigenvalue weighted by atomic mass is 16.5. The molecule has 0 aromatic heterocycles. The first-order chi connectivity index (χ1) is 12.0. The zero-order valence-electron chi connectivity index (χ0n) is 15.1. The molecular weight excluding hydrogens is 314 g/mol. The molecule has 3 rings (SSSR count). The van der Waals surface area contributed by atoms with Crippen molar-refractivity contribution >= 4 is 5.97 Å². The fraction of sp³-hybridized carbons (Fsp3) is 0.381. The van der Waals surface area contributed by atoms with Gasteiger partial charge in [0.05, 0.1) is 6.61 Å². The number of esters is 1. The van der Waals surface area contributed by atoms with Crippen LogP contribution in [0, 0.1) is 0 Å². The molecule has 4 nitrogen and oxygen atoms in total. The zero-order valence-corrected chi connectivity index (χ0v) is 15.1. The Morgan fingerprint density at radius 3 is 2.56 bits per heavy atom. The summed E-state index contributed by atoms with van der Waals surface area (Å²) in [7, 11) is 3.95. The van der Waals surface area contributed by atoms with E-state index in [2.05, 4.69) is 0 Å². The quantitative estimate of drug-likeness (QED) is 0.784. The molecule has 0 N–H and O–H groups in total. The van der Waals surface area contributed by atoms with Crippen molar-refractivity contribution in [2.24, 2.45) is 0 Å². The number of para-hydroxylation sites is 1. The van der Waals surface area contributed by atoms with Crippen LogP contribution in [0.2, 0.25) is 0 Å². The summed E-state index contributed by atoms with van der Waals surface area (Å²) in [5.41, 5.74) is 1.01. The van der Waals surface area contributed by atoms with Gasteiger partial charge in [0.25, 0.3) is 0 Å². The molecule has 1 aliphatic heterocycles. The van der Waals surface area contributed by atoms with Gasteiger partial charge in [-0.25, -0.2) is 0 Å². The molecule has 1 aliphatic rings. The van der Waals surface area contributed by atoms with E-state index in [0.717, 1.165) is 16.9 Å². The molecule has 25 heavy (non-hydrogen) atoms. The van der Waals surface area contributed by atoms with E-state index in [1.54, 1.807) is 0 Å².